The van der Waals surface area contributed by atoms with Crippen molar-refractivity contribution >= 4 is 17.6 Å². The molecule has 118 valence electrons. The van der Waals surface area contributed by atoms with Gasteiger partial charge in [-0.05, 0) is 12.5 Å². The van der Waals surface area contributed by atoms with Crippen LogP contribution in [0.5, 0.6) is 0 Å². The number of ether oxygens (including phenoxy) is 1. The van der Waals surface area contributed by atoms with Gasteiger partial charge in [0.15, 0.2) is 0 Å². The molecule has 0 aliphatic carbocycles. The van der Waals surface area contributed by atoms with Crippen LogP contribution in [0, 0.1) is 27.4 Å². The molecule has 1 aromatic carbocycles. The van der Waals surface area contributed by atoms with Crippen molar-refractivity contribution < 1.29 is 19.2 Å². The Hall–Kier alpha value is -3.21. The third kappa shape index (κ3) is 2.89. The molecule has 1 amide bonds. The molecular weight excluding hydrogens is 302 g/mol. The molecule has 8 heteroatoms. The van der Waals surface area contributed by atoms with Crippen LogP contribution in [0.2, 0.25) is 0 Å². The molecule has 1 aliphatic rings. The van der Waals surface area contributed by atoms with Crippen molar-refractivity contribution in [2.45, 2.75) is 12.8 Å². The molecule has 0 fully saturated rings. The first-order chi connectivity index (χ1) is 10.9. The lowest BCUT2D eigenvalue weighted by molar-refractivity contribution is -0.384. The first kappa shape index (κ1) is 16.2. The third-order valence-corrected chi connectivity index (χ3v) is 3.65. The average molecular weight is 315 g/mol. The standard InChI is InChI=1S/C15H13N3O5/c1-8-12(15(20)23-2)13(11(7-16)14(19)17-8)9-3-5-10(6-4-9)18(21)22/h3-6,11,13H,1-2H3,(H,17,19)/t11-,13-/m1/s1. The van der Waals surface area contributed by atoms with Gasteiger partial charge in [0.2, 0.25) is 5.91 Å². The van der Waals surface area contributed by atoms with Gasteiger partial charge in [-0.25, -0.2) is 4.79 Å². The molecule has 0 saturated carbocycles. The second-order valence-electron chi connectivity index (χ2n) is 4.95. The number of nitro groups is 1. The van der Waals surface area contributed by atoms with Crippen LogP contribution in [0.3, 0.4) is 0 Å². The maximum absolute atomic E-state index is 12.1. The number of allylic oxidation sites excluding steroid dienone is 1. The Labute approximate surface area is 131 Å². The predicted octanol–water partition coefficient (Wildman–Crippen LogP) is 1.39. The summed E-state index contributed by atoms with van der Waals surface area (Å²) in [6, 6.07) is 7.28. The zero-order valence-corrected chi connectivity index (χ0v) is 12.4. The average Bonchev–Trinajstić information content (AvgIpc) is 2.53. The van der Waals surface area contributed by atoms with Gasteiger partial charge in [0.05, 0.1) is 23.7 Å². The quantitative estimate of drug-likeness (QED) is 0.511. The summed E-state index contributed by atoms with van der Waals surface area (Å²) in [5, 5.41) is 22.5. The van der Waals surface area contributed by atoms with Crippen LogP contribution in [0.25, 0.3) is 0 Å². The molecule has 0 aromatic heterocycles. The normalized spacial score (nSPS) is 20.5. The van der Waals surface area contributed by atoms with Crippen LogP contribution < -0.4 is 5.32 Å². The van der Waals surface area contributed by atoms with Crippen molar-refractivity contribution in [1.82, 2.24) is 5.32 Å². The van der Waals surface area contributed by atoms with Gasteiger partial charge in [0, 0.05) is 23.7 Å². The maximum Gasteiger partial charge on any atom is 0.336 e. The van der Waals surface area contributed by atoms with E-state index in [0.29, 0.717) is 11.3 Å². The number of nitrogens with zero attached hydrogens (tertiary/aromatic N) is 2. The minimum absolute atomic E-state index is 0.122. The molecule has 1 N–H and O–H groups in total. The van der Waals surface area contributed by atoms with Crippen LogP contribution in [0.1, 0.15) is 18.4 Å². The van der Waals surface area contributed by atoms with Crippen LogP contribution in [0.15, 0.2) is 35.5 Å². The highest BCUT2D eigenvalue weighted by Gasteiger charge is 2.41. The number of carbonyl (C=O) groups excluding carboxylic acids is 2. The van der Waals surface area contributed by atoms with Gasteiger partial charge in [0.25, 0.3) is 5.69 Å². The van der Waals surface area contributed by atoms with Crippen molar-refractivity contribution in [3.05, 3.63) is 51.2 Å². The summed E-state index contributed by atoms with van der Waals surface area (Å²) in [5.41, 5.74) is 0.795. The van der Waals surface area contributed by atoms with Crippen molar-refractivity contribution in [3.8, 4) is 6.07 Å². The van der Waals surface area contributed by atoms with Gasteiger partial charge in [-0.2, -0.15) is 5.26 Å². The van der Waals surface area contributed by atoms with Gasteiger partial charge in [-0.15, -0.1) is 0 Å². The molecule has 1 heterocycles. The van der Waals surface area contributed by atoms with Gasteiger partial charge >= 0.3 is 5.97 Å². The summed E-state index contributed by atoms with van der Waals surface area (Å²) in [5.74, 6) is -3.16. The molecule has 0 radical (unpaired) electrons. The summed E-state index contributed by atoms with van der Waals surface area (Å²) in [6.45, 7) is 1.54. The molecular formula is C15H13N3O5. The number of rotatable bonds is 3. The van der Waals surface area contributed by atoms with E-state index < -0.39 is 28.6 Å². The molecule has 0 saturated heterocycles. The third-order valence-electron chi connectivity index (χ3n) is 3.65. The van der Waals surface area contributed by atoms with E-state index >= 15 is 0 Å². The monoisotopic (exact) mass is 315 g/mol. The lowest BCUT2D eigenvalue weighted by Crippen LogP contribution is -2.41. The van der Waals surface area contributed by atoms with Crippen molar-refractivity contribution in [1.29, 1.82) is 5.26 Å². The zero-order valence-electron chi connectivity index (χ0n) is 12.4. The molecule has 23 heavy (non-hydrogen) atoms. The number of hydrogen-bond donors (Lipinski definition) is 1. The van der Waals surface area contributed by atoms with Crippen molar-refractivity contribution in [3.63, 3.8) is 0 Å². The number of nitrogens with one attached hydrogen (secondary N) is 1. The lowest BCUT2D eigenvalue weighted by Gasteiger charge is -2.29. The minimum Gasteiger partial charge on any atom is -0.466 e. The van der Waals surface area contributed by atoms with Gasteiger partial charge in [0.1, 0.15) is 5.92 Å². The Kier molecular flexibility index (Phi) is 4.41. The molecule has 1 aliphatic heterocycles. The van der Waals surface area contributed by atoms with E-state index in [1.807, 2.05) is 6.07 Å². The molecule has 2 atom stereocenters. The summed E-state index contributed by atoms with van der Waals surface area (Å²) in [4.78, 5) is 34.3. The summed E-state index contributed by atoms with van der Waals surface area (Å²) < 4.78 is 4.74. The predicted molar refractivity (Wildman–Crippen MR) is 77.8 cm³/mol. The van der Waals surface area contributed by atoms with Gasteiger partial charge < -0.3 is 10.1 Å². The fourth-order valence-electron chi connectivity index (χ4n) is 2.57. The van der Waals surface area contributed by atoms with Crippen LogP contribution in [0.4, 0.5) is 5.69 Å². The molecule has 8 nitrogen and oxygen atoms in total. The maximum atomic E-state index is 12.1. The first-order valence-corrected chi connectivity index (χ1v) is 6.64. The highest BCUT2D eigenvalue weighted by atomic mass is 16.6. The number of methoxy groups -OCH3 is 1. The van der Waals surface area contributed by atoms with Crippen molar-refractivity contribution in [2.24, 2.45) is 5.92 Å². The summed E-state index contributed by atoms with van der Waals surface area (Å²) >= 11 is 0. The largest absolute Gasteiger partial charge is 0.466 e. The number of esters is 1. The fraction of sp³-hybridized carbons (Fsp3) is 0.267. The number of benzene rings is 1. The summed E-state index contributed by atoms with van der Waals surface area (Å²) in [7, 11) is 1.20. The topological polar surface area (TPSA) is 122 Å². The SMILES string of the molecule is COC(=O)C1=C(C)NC(=O)[C@H](C#N)[C@H]1c1ccc([N+](=O)[O-])cc1. The highest BCUT2D eigenvalue weighted by Crippen LogP contribution is 2.37. The van der Waals surface area contributed by atoms with Gasteiger partial charge in [-0.1, -0.05) is 12.1 Å². The molecule has 0 spiro atoms. The van der Waals surface area contributed by atoms with E-state index in [0.717, 1.165) is 0 Å². The van der Waals surface area contributed by atoms with E-state index in [1.54, 1.807) is 0 Å². The summed E-state index contributed by atoms with van der Waals surface area (Å²) in [6.07, 6.45) is 0. The smallest absolute Gasteiger partial charge is 0.336 e. The highest BCUT2D eigenvalue weighted by molar-refractivity contribution is 5.97. The Morgan fingerprint density at radius 3 is 2.48 bits per heavy atom. The lowest BCUT2D eigenvalue weighted by atomic mass is 9.77. The number of hydrogen-bond acceptors (Lipinski definition) is 6. The number of amides is 1. The Balaban J connectivity index is 2.58. The molecule has 1 aromatic rings. The Morgan fingerprint density at radius 1 is 1.39 bits per heavy atom. The van der Waals surface area contributed by atoms with Crippen LogP contribution in [-0.4, -0.2) is 23.9 Å². The number of carbonyl (C=O) groups is 2. The zero-order chi connectivity index (χ0) is 17.1. The molecule has 2 rings (SSSR count). The number of non-ortho nitro benzene ring substituents is 1. The van der Waals surface area contributed by atoms with Crippen LogP contribution >= 0.6 is 0 Å². The van der Waals surface area contributed by atoms with Crippen LogP contribution in [-0.2, 0) is 14.3 Å². The van der Waals surface area contributed by atoms with E-state index in [4.69, 9.17) is 4.74 Å². The van der Waals surface area contributed by atoms with E-state index in [9.17, 15) is 25.0 Å². The Morgan fingerprint density at radius 2 is 2.00 bits per heavy atom. The minimum atomic E-state index is -1.13. The second-order valence-corrected chi connectivity index (χ2v) is 4.95. The Bertz CT molecular complexity index is 745. The van der Waals surface area contributed by atoms with E-state index in [-0.39, 0.29) is 11.3 Å². The van der Waals surface area contributed by atoms with Gasteiger partial charge in [-0.3, -0.25) is 14.9 Å². The number of nitriles is 1. The number of nitro benzene ring substituents is 1. The second kappa shape index (κ2) is 6.27. The van der Waals surface area contributed by atoms with Crippen molar-refractivity contribution in [2.75, 3.05) is 7.11 Å². The fourth-order valence-corrected chi connectivity index (χ4v) is 2.57. The molecule has 0 unspecified atom stereocenters. The van der Waals surface area contributed by atoms with E-state index in [2.05, 4.69) is 5.32 Å². The molecule has 0 bridgehead atoms. The first-order valence-electron chi connectivity index (χ1n) is 6.64. The van der Waals surface area contributed by atoms with E-state index in [1.165, 1.54) is 38.3 Å².